The van der Waals surface area contributed by atoms with Crippen LogP contribution in [0.2, 0.25) is 0 Å². The number of aromatic amines is 1. The van der Waals surface area contributed by atoms with E-state index in [0.29, 0.717) is 0 Å². The zero-order valence-corrected chi connectivity index (χ0v) is 10.3. The minimum absolute atomic E-state index is 0.248. The van der Waals surface area contributed by atoms with Gasteiger partial charge in [-0.2, -0.15) is 4.98 Å². The SMILES string of the molecule is CC(C)c1[nH]c(=O)nc2c1ccc1ccncc12. The zero-order chi connectivity index (χ0) is 12.7. The van der Waals surface area contributed by atoms with E-state index in [2.05, 4.69) is 28.8 Å². The number of H-pyrrole nitrogens is 1. The van der Waals surface area contributed by atoms with Gasteiger partial charge in [-0.3, -0.25) is 4.98 Å². The first-order valence-electron chi connectivity index (χ1n) is 5.93. The van der Waals surface area contributed by atoms with Crippen LogP contribution in [0.5, 0.6) is 0 Å². The van der Waals surface area contributed by atoms with Gasteiger partial charge in [-0.25, -0.2) is 4.79 Å². The largest absolute Gasteiger partial charge is 0.345 e. The molecule has 3 rings (SSSR count). The minimum Gasteiger partial charge on any atom is -0.309 e. The Morgan fingerprint density at radius 1 is 1.17 bits per heavy atom. The smallest absolute Gasteiger partial charge is 0.309 e. The number of nitrogens with zero attached hydrogens (tertiary/aromatic N) is 2. The molecule has 90 valence electrons. The number of hydrogen-bond donors (Lipinski definition) is 1. The van der Waals surface area contributed by atoms with Gasteiger partial charge in [-0.05, 0) is 17.4 Å². The molecule has 0 atom stereocenters. The first kappa shape index (κ1) is 10.9. The summed E-state index contributed by atoms with van der Waals surface area (Å²) in [4.78, 5) is 22.7. The Kier molecular flexibility index (Phi) is 2.37. The topological polar surface area (TPSA) is 58.6 Å². The molecule has 18 heavy (non-hydrogen) atoms. The molecule has 1 N–H and O–H groups in total. The van der Waals surface area contributed by atoms with Gasteiger partial charge in [-0.15, -0.1) is 0 Å². The molecule has 4 heteroatoms. The summed E-state index contributed by atoms with van der Waals surface area (Å²) in [7, 11) is 0. The molecular weight excluding hydrogens is 226 g/mol. The number of fused-ring (bicyclic) bond motifs is 3. The second-order valence-electron chi connectivity index (χ2n) is 4.67. The fraction of sp³-hybridized carbons (Fsp3) is 0.214. The molecule has 0 aliphatic carbocycles. The summed E-state index contributed by atoms with van der Waals surface area (Å²) < 4.78 is 0. The van der Waals surface area contributed by atoms with Crippen LogP contribution in [0.4, 0.5) is 0 Å². The lowest BCUT2D eigenvalue weighted by Crippen LogP contribution is -2.14. The summed E-state index contributed by atoms with van der Waals surface area (Å²) in [6.45, 7) is 4.11. The second kappa shape index (κ2) is 3.91. The van der Waals surface area contributed by atoms with E-state index in [1.807, 2.05) is 18.2 Å². The Morgan fingerprint density at radius 2 is 2.00 bits per heavy atom. The minimum atomic E-state index is -0.303. The molecule has 4 nitrogen and oxygen atoms in total. The fourth-order valence-electron chi connectivity index (χ4n) is 2.25. The van der Waals surface area contributed by atoms with E-state index in [-0.39, 0.29) is 11.6 Å². The van der Waals surface area contributed by atoms with Crippen LogP contribution in [0.1, 0.15) is 25.5 Å². The van der Waals surface area contributed by atoms with Crippen molar-refractivity contribution in [2.45, 2.75) is 19.8 Å². The molecule has 1 aromatic carbocycles. The van der Waals surface area contributed by atoms with E-state index in [1.54, 1.807) is 12.4 Å². The molecule has 0 amide bonds. The van der Waals surface area contributed by atoms with E-state index in [9.17, 15) is 4.79 Å². The van der Waals surface area contributed by atoms with Crippen LogP contribution in [-0.2, 0) is 0 Å². The van der Waals surface area contributed by atoms with Gasteiger partial charge < -0.3 is 4.98 Å². The van der Waals surface area contributed by atoms with E-state index in [1.165, 1.54) is 0 Å². The van der Waals surface area contributed by atoms with Crippen LogP contribution in [0.3, 0.4) is 0 Å². The first-order valence-corrected chi connectivity index (χ1v) is 5.93. The van der Waals surface area contributed by atoms with Crippen LogP contribution >= 0.6 is 0 Å². The third kappa shape index (κ3) is 1.57. The van der Waals surface area contributed by atoms with Gasteiger partial charge >= 0.3 is 5.69 Å². The van der Waals surface area contributed by atoms with Crippen molar-refractivity contribution in [3.8, 4) is 0 Å². The van der Waals surface area contributed by atoms with Crippen LogP contribution in [0.25, 0.3) is 21.7 Å². The summed E-state index contributed by atoms with van der Waals surface area (Å²) in [5.74, 6) is 0.248. The number of nitrogens with one attached hydrogen (secondary N) is 1. The van der Waals surface area contributed by atoms with Gasteiger partial charge in [0.2, 0.25) is 0 Å². The number of benzene rings is 1. The maximum atomic E-state index is 11.7. The molecule has 2 heterocycles. The molecule has 2 aromatic heterocycles. The van der Waals surface area contributed by atoms with Crippen LogP contribution in [0.15, 0.2) is 35.4 Å². The Balaban J connectivity index is 2.55. The van der Waals surface area contributed by atoms with Gasteiger partial charge in [0.1, 0.15) is 0 Å². The van der Waals surface area contributed by atoms with Crippen molar-refractivity contribution in [3.63, 3.8) is 0 Å². The molecule has 3 aromatic rings. The second-order valence-corrected chi connectivity index (χ2v) is 4.67. The summed E-state index contributed by atoms with van der Waals surface area (Å²) in [6.07, 6.45) is 3.50. The maximum Gasteiger partial charge on any atom is 0.345 e. The number of hydrogen-bond acceptors (Lipinski definition) is 3. The molecular formula is C14H13N3O. The Hall–Kier alpha value is -2.23. The lowest BCUT2D eigenvalue weighted by molar-refractivity contribution is 0.818. The first-order chi connectivity index (χ1) is 8.66. The highest BCUT2D eigenvalue weighted by molar-refractivity contribution is 6.05. The molecule has 0 radical (unpaired) electrons. The van der Waals surface area contributed by atoms with E-state index in [4.69, 9.17) is 0 Å². The predicted octanol–water partition coefficient (Wildman–Crippen LogP) is 2.59. The van der Waals surface area contributed by atoms with Crippen LogP contribution in [-0.4, -0.2) is 15.0 Å². The lowest BCUT2D eigenvalue weighted by Gasteiger charge is -2.10. The van der Waals surface area contributed by atoms with Crippen molar-refractivity contribution in [2.75, 3.05) is 0 Å². The summed E-state index contributed by atoms with van der Waals surface area (Å²) in [5, 5.41) is 2.96. The van der Waals surface area contributed by atoms with Gasteiger partial charge in [0.05, 0.1) is 5.52 Å². The third-order valence-electron chi connectivity index (χ3n) is 3.12. The zero-order valence-electron chi connectivity index (χ0n) is 10.3. The molecule has 0 bridgehead atoms. The molecule has 0 unspecified atom stereocenters. The molecule has 0 spiro atoms. The average Bonchev–Trinajstić information content (AvgIpc) is 2.37. The summed E-state index contributed by atoms with van der Waals surface area (Å²) in [5.41, 5.74) is 1.35. The van der Waals surface area contributed by atoms with E-state index < -0.39 is 0 Å². The molecule has 0 saturated heterocycles. The van der Waals surface area contributed by atoms with Crippen molar-refractivity contribution in [3.05, 3.63) is 46.8 Å². The maximum absolute atomic E-state index is 11.7. The van der Waals surface area contributed by atoms with Gasteiger partial charge in [-0.1, -0.05) is 26.0 Å². The van der Waals surface area contributed by atoms with Gasteiger partial charge in [0, 0.05) is 28.9 Å². The van der Waals surface area contributed by atoms with Crippen LogP contribution < -0.4 is 5.69 Å². The lowest BCUT2D eigenvalue weighted by atomic mass is 10.0. The Morgan fingerprint density at radius 3 is 2.78 bits per heavy atom. The standard InChI is InChI=1S/C14H13N3O/c1-8(2)12-10-4-3-9-5-6-15-7-11(9)13(10)17-14(18)16-12/h3-8H,1-2H3,(H,16,17,18). The van der Waals surface area contributed by atoms with Crippen molar-refractivity contribution >= 4 is 21.7 Å². The highest BCUT2D eigenvalue weighted by Gasteiger charge is 2.10. The van der Waals surface area contributed by atoms with Crippen molar-refractivity contribution in [1.82, 2.24) is 15.0 Å². The third-order valence-corrected chi connectivity index (χ3v) is 3.12. The number of aromatic nitrogens is 3. The Bertz CT molecular complexity index is 790. The molecule has 0 saturated carbocycles. The Labute approximate surface area is 104 Å². The predicted molar refractivity (Wildman–Crippen MR) is 71.8 cm³/mol. The highest BCUT2D eigenvalue weighted by Crippen LogP contribution is 2.26. The number of rotatable bonds is 1. The quantitative estimate of drug-likeness (QED) is 0.664. The van der Waals surface area contributed by atoms with E-state index >= 15 is 0 Å². The highest BCUT2D eigenvalue weighted by atomic mass is 16.1. The van der Waals surface area contributed by atoms with Crippen molar-refractivity contribution in [1.29, 1.82) is 0 Å². The monoisotopic (exact) mass is 239 g/mol. The van der Waals surface area contributed by atoms with Crippen molar-refractivity contribution in [2.24, 2.45) is 0 Å². The summed E-state index contributed by atoms with van der Waals surface area (Å²) in [6, 6.07) is 5.97. The fourth-order valence-corrected chi connectivity index (χ4v) is 2.25. The van der Waals surface area contributed by atoms with Gasteiger partial charge in [0.25, 0.3) is 0 Å². The molecule has 0 fully saturated rings. The van der Waals surface area contributed by atoms with Crippen LogP contribution in [0, 0.1) is 0 Å². The van der Waals surface area contributed by atoms with E-state index in [0.717, 1.165) is 27.4 Å². The van der Waals surface area contributed by atoms with Gasteiger partial charge in [0.15, 0.2) is 0 Å². The average molecular weight is 239 g/mol. The van der Waals surface area contributed by atoms with Crippen molar-refractivity contribution < 1.29 is 0 Å². The molecule has 0 aliphatic rings. The number of pyridine rings is 1. The summed E-state index contributed by atoms with van der Waals surface area (Å²) >= 11 is 0. The molecule has 0 aliphatic heterocycles. The normalized spacial score (nSPS) is 11.5.